The van der Waals surface area contributed by atoms with Gasteiger partial charge in [-0.25, -0.2) is 0 Å². The zero-order chi connectivity index (χ0) is 28.1. The van der Waals surface area contributed by atoms with E-state index in [2.05, 4.69) is 45.0 Å². The van der Waals surface area contributed by atoms with Gasteiger partial charge in [-0.2, -0.15) is 4.74 Å². The van der Waals surface area contributed by atoms with Crippen molar-refractivity contribution in [1.29, 1.82) is 0 Å². The molecule has 0 saturated carbocycles. The van der Waals surface area contributed by atoms with Crippen LogP contribution >= 0.6 is 0 Å². The number of nitrogens with zero attached hydrogens (tertiary/aromatic N) is 1. The van der Waals surface area contributed by atoms with Crippen LogP contribution < -0.4 is 10.4 Å². The summed E-state index contributed by atoms with van der Waals surface area (Å²) in [6.45, 7) is 14.5. The van der Waals surface area contributed by atoms with Crippen LogP contribution in [0.5, 0.6) is 0 Å². The fourth-order valence-corrected chi connectivity index (χ4v) is 10.6. The van der Waals surface area contributed by atoms with Gasteiger partial charge in [-0.3, -0.25) is 0 Å². The third-order valence-corrected chi connectivity index (χ3v) is 12.7. The van der Waals surface area contributed by atoms with E-state index in [1.807, 2.05) is 64.1 Å². The van der Waals surface area contributed by atoms with Crippen molar-refractivity contribution in [2.75, 3.05) is 13.2 Å². The molecule has 3 aliphatic heterocycles. The Hall–Kier alpha value is -2.11. The maximum absolute atomic E-state index is 13.6. The van der Waals surface area contributed by atoms with Crippen LogP contribution in [0.4, 0.5) is 0 Å². The van der Waals surface area contributed by atoms with Crippen molar-refractivity contribution in [3.8, 4) is 0 Å². The minimum Gasteiger partial charge on any atom is -0.622 e. The van der Waals surface area contributed by atoms with Gasteiger partial charge in [0, 0.05) is 0 Å². The molecule has 0 spiro atoms. The number of rotatable bonds is 7. The lowest BCUT2D eigenvalue weighted by atomic mass is 10.1. The Morgan fingerprint density at radius 3 is 1.95 bits per heavy atom. The molecule has 0 radical (unpaired) electrons. The van der Waals surface area contributed by atoms with Crippen LogP contribution in [-0.2, 0) is 28.1 Å². The van der Waals surface area contributed by atoms with Gasteiger partial charge in [-0.05, 0) is 43.1 Å². The molecule has 8 nitrogen and oxygen atoms in total. The van der Waals surface area contributed by atoms with Crippen molar-refractivity contribution >= 4 is 24.9 Å². The fourth-order valence-electron chi connectivity index (χ4n) is 6.09. The molecule has 3 aliphatic rings. The third kappa shape index (κ3) is 5.46. The van der Waals surface area contributed by atoms with Gasteiger partial charge in [0.2, 0.25) is 0 Å². The minimum atomic E-state index is -2.79. The molecule has 0 aromatic heterocycles. The van der Waals surface area contributed by atoms with Gasteiger partial charge < -0.3 is 33.3 Å². The molecule has 0 bridgehead atoms. The predicted molar refractivity (Wildman–Crippen MR) is 151 cm³/mol. The summed E-state index contributed by atoms with van der Waals surface area (Å²) in [4.78, 5) is 0. The van der Waals surface area contributed by atoms with Crippen molar-refractivity contribution in [2.45, 2.75) is 95.7 Å². The first-order valence-corrected chi connectivity index (χ1v) is 15.6. The van der Waals surface area contributed by atoms with Crippen LogP contribution in [0.15, 0.2) is 60.7 Å². The van der Waals surface area contributed by atoms with E-state index in [1.165, 1.54) is 6.21 Å². The standard InChI is InChI=1S/C30H41NO7Si/c1-28(2,3)39(21-14-10-8-11-15-21,22-16-12-9-13-17-22)34-19-18-31(32)27-26-25(37-30(6,7)38-26)24(35-27)23-20-33-29(4,5)36-23/h8-18,23-27H,19-20H2,1-7H3/b31-18-/t23-,24+,25-,26-,27-/m0/s1. The number of fused-ring (bicyclic) bond motifs is 1. The molecule has 2 aromatic carbocycles. The lowest BCUT2D eigenvalue weighted by Crippen LogP contribution is -2.66. The number of benzene rings is 2. The fraction of sp³-hybridized carbons (Fsp3) is 0.567. The topological polar surface area (TPSA) is 81.5 Å². The number of hydrogen-bond acceptors (Lipinski definition) is 7. The summed E-state index contributed by atoms with van der Waals surface area (Å²) in [5.41, 5.74) is 0. The number of hydroxylamine groups is 1. The molecular formula is C30H41NO7Si. The Kier molecular flexibility index (Phi) is 7.56. The highest BCUT2D eigenvalue weighted by atomic mass is 28.4. The average molecular weight is 556 g/mol. The molecule has 2 aromatic rings. The molecule has 0 unspecified atom stereocenters. The molecule has 3 heterocycles. The van der Waals surface area contributed by atoms with E-state index in [1.54, 1.807) is 0 Å². The van der Waals surface area contributed by atoms with E-state index < -0.39 is 44.4 Å². The van der Waals surface area contributed by atoms with Gasteiger partial charge in [-0.1, -0.05) is 81.4 Å². The molecule has 0 amide bonds. The second-order valence-corrected chi connectivity index (χ2v) is 16.7. The maximum atomic E-state index is 13.6. The molecule has 39 heavy (non-hydrogen) atoms. The molecule has 212 valence electrons. The zero-order valence-electron chi connectivity index (χ0n) is 24.0. The Balaban J connectivity index is 1.41. The Labute approximate surface area is 232 Å². The van der Waals surface area contributed by atoms with Crippen molar-refractivity contribution in [2.24, 2.45) is 0 Å². The van der Waals surface area contributed by atoms with Gasteiger partial charge >= 0.3 is 0 Å². The van der Waals surface area contributed by atoms with E-state index in [-0.39, 0.29) is 17.7 Å². The average Bonchev–Trinajstić information content (AvgIpc) is 3.51. The minimum absolute atomic E-state index is 0.124. The van der Waals surface area contributed by atoms with E-state index in [0.29, 0.717) is 6.61 Å². The van der Waals surface area contributed by atoms with E-state index in [0.717, 1.165) is 15.1 Å². The van der Waals surface area contributed by atoms with Crippen LogP contribution in [0.3, 0.4) is 0 Å². The predicted octanol–water partition coefficient (Wildman–Crippen LogP) is 3.54. The van der Waals surface area contributed by atoms with Crippen molar-refractivity contribution in [3.63, 3.8) is 0 Å². The summed E-state index contributed by atoms with van der Waals surface area (Å²) in [7, 11) is -2.79. The molecule has 3 fully saturated rings. The van der Waals surface area contributed by atoms with Gasteiger partial charge in [0.05, 0.1) is 6.61 Å². The van der Waals surface area contributed by atoms with E-state index in [4.69, 9.17) is 28.1 Å². The molecular weight excluding hydrogens is 514 g/mol. The number of ether oxygens (including phenoxy) is 5. The van der Waals surface area contributed by atoms with Crippen molar-refractivity contribution < 1.29 is 32.8 Å². The van der Waals surface area contributed by atoms with Crippen LogP contribution in [-0.4, -0.2) is 74.7 Å². The van der Waals surface area contributed by atoms with Crippen LogP contribution in [0, 0.1) is 5.21 Å². The van der Waals surface area contributed by atoms with Crippen molar-refractivity contribution in [3.05, 3.63) is 65.9 Å². The van der Waals surface area contributed by atoms with Gasteiger partial charge in [-0.15, -0.1) is 0 Å². The molecule has 3 saturated heterocycles. The summed E-state index contributed by atoms with van der Waals surface area (Å²) < 4.78 is 38.1. The highest BCUT2D eigenvalue weighted by Gasteiger charge is 2.62. The third-order valence-electron chi connectivity index (χ3n) is 7.68. The largest absolute Gasteiger partial charge is 0.622 e. The second-order valence-electron chi connectivity index (χ2n) is 12.4. The molecule has 0 N–H and O–H groups in total. The molecule has 5 rings (SSSR count). The maximum Gasteiger partial charge on any atom is 0.297 e. The van der Waals surface area contributed by atoms with Crippen LogP contribution in [0.25, 0.3) is 0 Å². The molecule has 9 heteroatoms. The summed E-state index contributed by atoms with van der Waals surface area (Å²) in [6, 6.07) is 20.7. The zero-order valence-corrected chi connectivity index (χ0v) is 25.0. The van der Waals surface area contributed by atoms with Gasteiger partial charge in [0.1, 0.15) is 24.9 Å². The second kappa shape index (κ2) is 10.4. The molecule has 5 atom stereocenters. The summed E-state index contributed by atoms with van der Waals surface area (Å²) >= 11 is 0. The quantitative estimate of drug-likeness (QED) is 0.170. The summed E-state index contributed by atoms with van der Waals surface area (Å²) in [5.74, 6) is -1.56. The molecule has 0 aliphatic carbocycles. The Bertz CT molecular complexity index is 1130. The Morgan fingerprint density at radius 2 is 1.44 bits per heavy atom. The van der Waals surface area contributed by atoms with Crippen LogP contribution in [0.1, 0.15) is 48.5 Å². The highest BCUT2D eigenvalue weighted by Crippen LogP contribution is 2.42. The monoisotopic (exact) mass is 555 g/mol. The Morgan fingerprint density at radius 1 is 0.872 bits per heavy atom. The smallest absolute Gasteiger partial charge is 0.297 e. The first-order valence-electron chi connectivity index (χ1n) is 13.7. The lowest BCUT2D eigenvalue weighted by Gasteiger charge is -2.42. The lowest BCUT2D eigenvalue weighted by molar-refractivity contribution is -0.563. The van der Waals surface area contributed by atoms with E-state index in [9.17, 15) is 5.21 Å². The van der Waals surface area contributed by atoms with Crippen molar-refractivity contribution in [1.82, 2.24) is 0 Å². The first kappa shape index (κ1) is 28.4. The highest BCUT2D eigenvalue weighted by molar-refractivity contribution is 6.99. The van der Waals surface area contributed by atoms with Gasteiger partial charge in [0.15, 0.2) is 23.9 Å². The number of hydrogen-bond donors (Lipinski definition) is 0. The van der Waals surface area contributed by atoms with E-state index >= 15 is 0 Å². The van der Waals surface area contributed by atoms with Gasteiger partial charge in [0.25, 0.3) is 14.5 Å². The first-order chi connectivity index (χ1) is 18.3. The normalized spacial score (nSPS) is 30.4. The van der Waals surface area contributed by atoms with Crippen LogP contribution in [0.2, 0.25) is 5.04 Å². The SMILES string of the molecule is CC1(C)O[C@H]2[C@@H]([C@@H]3COC(C)(C)O3)O[C@H](/[N+]([O-])=C/CO[Si](c3ccccc3)(c3ccccc3)C(C)(C)C)[C@H]2O1. The summed E-state index contributed by atoms with van der Waals surface area (Å²) in [6.07, 6.45) is -1.25. The summed E-state index contributed by atoms with van der Waals surface area (Å²) in [5, 5.41) is 15.7.